The third-order valence-electron chi connectivity index (χ3n) is 5.91. The lowest BCUT2D eigenvalue weighted by Gasteiger charge is -2.12. The average Bonchev–Trinajstić information content (AvgIpc) is 3.26. The fraction of sp³-hybridized carbons (Fsp3) is 0.280. The molecule has 4 aromatic rings. The van der Waals surface area contributed by atoms with E-state index in [0.717, 1.165) is 27.2 Å². The number of carbonyl (C=O) groups is 1. The molecule has 4 rings (SSSR count). The van der Waals surface area contributed by atoms with E-state index in [2.05, 4.69) is 15.6 Å². The molecule has 0 radical (unpaired) electrons. The highest BCUT2D eigenvalue weighted by atomic mass is 16.5. The molecule has 0 saturated carbocycles. The Balaban J connectivity index is 1.62. The van der Waals surface area contributed by atoms with E-state index >= 15 is 0 Å². The molecule has 0 atom stereocenters. The molecule has 0 bridgehead atoms. The van der Waals surface area contributed by atoms with Gasteiger partial charge in [0.2, 0.25) is 11.9 Å². The molecule has 0 saturated heterocycles. The van der Waals surface area contributed by atoms with Gasteiger partial charge in [0.05, 0.1) is 14.2 Å². The van der Waals surface area contributed by atoms with Gasteiger partial charge in [0.25, 0.3) is 5.56 Å². The molecule has 2 aromatic heterocycles. The number of nitrogens with zero attached hydrogens (tertiary/aromatic N) is 4. The number of aryl methyl sites for hydroxylation is 1. The fourth-order valence-corrected chi connectivity index (χ4v) is 3.80. The monoisotopic (exact) mass is 492 g/mol. The highest BCUT2D eigenvalue weighted by Crippen LogP contribution is 2.18. The maximum Gasteiger partial charge on any atom is 0.332 e. The zero-order valence-corrected chi connectivity index (χ0v) is 20.6. The molecule has 0 fully saturated rings. The molecule has 2 heterocycles. The first kappa shape index (κ1) is 24.6. The van der Waals surface area contributed by atoms with Gasteiger partial charge in [0, 0.05) is 27.2 Å². The summed E-state index contributed by atoms with van der Waals surface area (Å²) in [5, 5.41) is 6.06. The minimum Gasteiger partial charge on any atom is -0.497 e. The van der Waals surface area contributed by atoms with Crippen LogP contribution in [-0.2, 0) is 38.5 Å². The summed E-state index contributed by atoms with van der Waals surface area (Å²) in [6.45, 7) is 0.528. The third-order valence-corrected chi connectivity index (χ3v) is 5.91. The predicted octanol–water partition coefficient (Wildman–Crippen LogP) is 1.38. The molecule has 11 nitrogen and oxygen atoms in total. The van der Waals surface area contributed by atoms with Gasteiger partial charge < -0.3 is 20.1 Å². The van der Waals surface area contributed by atoms with Crippen molar-refractivity contribution < 1.29 is 14.3 Å². The number of fused-ring (bicyclic) bond motifs is 1. The van der Waals surface area contributed by atoms with E-state index in [0.29, 0.717) is 19.0 Å². The summed E-state index contributed by atoms with van der Waals surface area (Å²) >= 11 is 0. The topological polar surface area (TPSA) is 121 Å². The minimum absolute atomic E-state index is 0.162. The number of imidazole rings is 1. The summed E-state index contributed by atoms with van der Waals surface area (Å²) in [6, 6.07) is 14.8. The van der Waals surface area contributed by atoms with Crippen LogP contribution in [0.25, 0.3) is 11.2 Å². The Labute approximate surface area is 206 Å². The summed E-state index contributed by atoms with van der Waals surface area (Å²) in [6.07, 6.45) is 0. The zero-order valence-electron chi connectivity index (χ0n) is 20.6. The smallest absolute Gasteiger partial charge is 0.332 e. The number of nitrogens with one attached hydrogen (secondary N) is 2. The van der Waals surface area contributed by atoms with Crippen LogP contribution in [0, 0.1) is 0 Å². The number of amides is 1. The lowest BCUT2D eigenvalue weighted by atomic mass is 10.2. The van der Waals surface area contributed by atoms with Crippen LogP contribution < -0.4 is 31.4 Å². The van der Waals surface area contributed by atoms with Gasteiger partial charge in [-0.15, -0.1) is 0 Å². The largest absolute Gasteiger partial charge is 0.497 e. The molecule has 0 aliphatic heterocycles. The normalized spacial score (nSPS) is 10.9. The van der Waals surface area contributed by atoms with Crippen molar-refractivity contribution in [2.75, 3.05) is 19.5 Å². The molecule has 11 heteroatoms. The maximum absolute atomic E-state index is 13.0. The lowest BCUT2D eigenvalue weighted by molar-refractivity contribution is -0.121. The molecule has 1 amide bonds. The summed E-state index contributed by atoms with van der Waals surface area (Å²) in [5.74, 6) is 1.45. The van der Waals surface area contributed by atoms with Crippen LogP contribution in [0.1, 0.15) is 11.1 Å². The number of carbonyl (C=O) groups excluding carboxylic acids is 1. The average molecular weight is 493 g/mol. The van der Waals surface area contributed by atoms with Gasteiger partial charge in [0.1, 0.15) is 18.0 Å². The number of benzene rings is 2. The summed E-state index contributed by atoms with van der Waals surface area (Å²) in [7, 11) is 6.13. The van der Waals surface area contributed by atoms with Crippen molar-refractivity contribution in [3.63, 3.8) is 0 Å². The first-order chi connectivity index (χ1) is 17.3. The Morgan fingerprint density at radius 2 is 1.42 bits per heavy atom. The molecular weight excluding hydrogens is 464 g/mol. The van der Waals surface area contributed by atoms with Gasteiger partial charge in [0.15, 0.2) is 11.2 Å². The Morgan fingerprint density at radius 3 is 1.97 bits per heavy atom. The van der Waals surface area contributed by atoms with Gasteiger partial charge in [-0.05, 0) is 35.4 Å². The van der Waals surface area contributed by atoms with Crippen molar-refractivity contribution in [1.29, 1.82) is 0 Å². The zero-order chi connectivity index (χ0) is 25.8. The fourth-order valence-electron chi connectivity index (χ4n) is 3.80. The first-order valence-corrected chi connectivity index (χ1v) is 11.2. The minimum atomic E-state index is -0.527. The number of rotatable bonds is 9. The van der Waals surface area contributed by atoms with Crippen LogP contribution in [0.2, 0.25) is 0 Å². The number of anilines is 1. The highest BCUT2D eigenvalue weighted by molar-refractivity contribution is 5.81. The summed E-state index contributed by atoms with van der Waals surface area (Å²) < 4.78 is 14.2. The van der Waals surface area contributed by atoms with Crippen LogP contribution in [0.4, 0.5) is 5.95 Å². The number of ether oxygens (including phenoxy) is 2. The van der Waals surface area contributed by atoms with Crippen molar-refractivity contribution in [1.82, 2.24) is 24.0 Å². The van der Waals surface area contributed by atoms with Crippen LogP contribution in [0.5, 0.6) is 11.5 Å². The van der Waals surface area contributed by atoms with Gasteiger partial charge >= 0.3 is 5.69 Å². The molecular formula is C25H28N6O5. The second kappa shape index (κ2) is 10.4. The van der Waals surface area contributed by atoms with E-state index in [1.165, 1.54) is 16.2 Å². The molecule has 2 aromatic carbocycles. The Hall–Kier alpha value is -4.54. The molecule has 0 aliphatic carbocycles. The second-order valence-electron chi connectivity index (χ2n) is 8.23. The van der Waals surface area contributed by atoms with E-state index in [1.807, 2.05) is 48.5 Å². The lowest BCUT2D eigenvalue weighted by Crippen LogP contribution is -2.38. The number of hydrogen-bond donors (Lipinski definition) is 2. The Kier molecular flexibility index (Phi) is 7.09. The Morgan fingerprint density at radius 1 is 0.861 bits per heavy atom. The first-order valence-electron chi connectivity index (χ1n) is 11.2. The Bertz CT molecular complexity index is 1500. The van der Waals surface area contributed by atoms with Crippen molar-refractivity contribution in [3.05, 3.63) is 80.5 Å². The number of hydrogen-bond acceptors (Lipinski definition) is 7. The van der Waals surface area contributed by atoms with E-state index in [4.69, 9.17) is 9.47 Å². The molecule has 2 N–H and O–H groups in total. The van der Waals surface area contributed by atoms with E-state index in [1.54, 1.807) is 21.3 Å². The van der Waals surface area contributed by atoms with E-state index in [9.17, 15) is 14.4 Å². The van der Waals surface area contributed by atoms with E-state index in [-0.39, 0.29) is 23.6 Å². The van der Waals surface area contributed by atoms with Gasteiger partial charge in [-0.1, -0.05) is 24.3 Å². The van der Waals surface area contributed by atoms with Gasteiger partial charge in [-0.25, -0.2) is 4.79 Å². The van der Waals surface area contributed by atoms with Crippen molar-refractivity contribution in [3.8, 4) is 11.5 Å². The number of methoxy groups -OCH3 is 2. The van der Waals surface area contributed by atoms with Crippen LogP contribution >= 0.6 is 0 Å². The predicted molar refractivity (Wildman–Crippen MR) is 135 cm³/mol. The second-order valence-corrected chi connectivity index (χ2v) is 8.23. The van der Waals surface area contributed by atoms with Crippen molar-refractivity contribution >= 4 is 23.0 Å². The molecule has 0 unspecified atom stereocenters. The highest BCUT2D eigenvalue weighted by Gasteiger charge is 2.20. The standard InChI is InChI=1S/C25H28N6O5/c1-29-22-21(23(33)30(2)25(29)34)31(15-20(32)26-13-16-5-9-18(35-3)10-6-16)24(28-22)27-14-17-7-11-19(36-4)12-8-17/h5-12H,13-15H2,1-4H3,(H,26,32)(H,27,28). The van der Waals surface area contributed by atoms with E-state index < -0.39 is 11.2 Å². The summed E-state index contributed by atoms with van der Waals surface area (Å²) in [5.41, 5.74) is 1.18. The van der Waals surface area contributed by atoms with Crippen molar-refractivity contribution in [2.45, 2.75) is 19.6 Å². The maximum atomic E-state index is 13.0. The quantitative estimate of drug-likeness (QED) is 0.362. The molecule has 0 aliphatic rings. The van der Waals surface area contributed by atoms with Gasteiger partial charge in [-0.3, -0.25) is 23.3 Å². The summed E-state index contributed by atoms with van der Waals surface area (Å²) in [4.78, 5) is 42.8. The van der Waals surface area contributed by atoms with Crippen molar-refractivity contribution in [2.24, 2.45) is 14.1 Å². The van der Waals surface area contributed by atoms with Crippen LogP contribution in [0.3, 0.4) is 0 Å². The van der Waals surface area contributed by atoms with Gasteiger partial charge in [-0.2, -0.15) is 4.98 Å². The molecule has 0 spiro atoms. The number of aromatic nitrogens is 4. The molecule has 188 valence electrons. The third kappa shape index (κ3) is 4.95. The molecule has 36 heavy (non-hydrogen) atoms. The van der Waals surface area contributed by atoms with Crippen LogP contribution in [-0.4, -0.2) is 38.8 Å². The SMILES string of the molecule is COc1ccc(CNC(=O)Cn2c(NCc3ccc(OC)cc3)nc3c2c(=O)n(C)c(=O)n3C)cc1. The van der Waals surface area contributed by atoms with Crippen LogP contribution in [0.15, 0.2) is 58.1 Å².